The van der Waals surface area contributed by atoms with Crippen molar-refractivity contribution in [2.24, 2.45) is 5.92 Å². The van der Waals surface area contributed by atoms with E-state index in [1.165, 1.54) is 6.07 Å². The van der Waals surface area contributed by atoms with E-state index in [1.54, 1.807) is 13.2 Å². The van der Waals surface area contributed by atoms with E-state index in [-0.39, 0.29) is 17.6 Å². The summed E-state index contributed by atoms with van der Waals surface area (Å²) in [5.41, 5.74) is 1.77. The van der Waals surface area contributed by atoms with Crippen LogP contribution in [0.5, 0.6) is 0 Å². The number of aryl methyl sites for hydroxylation is 1. The van der Waals surface area contributed by atoms with Gasteiger partial charge in [0.2, 0.25) is 5.91 Å². The van der Waals surface area contributed by atoms with Gasteiger partial charge >= 0.3 is 0 Å². The molecule has 0 aliphatic carbocycles. The summed E-state index contributed by atoms with van der Waals surface area (Å²) in [5.74, 6) is 0.184. The van der Waals surface area contributed by atoms with Gasteiger partial charge in [-0.05, 0) is 30.9 Å². The fraction of sp³-hybridized carbons (Fsp3) is 0.533. The van der Waals surface area contributed by atoms with Gasteiger partial charge in [-0.3, -0.25) is 4.79 Å². The number of benzene rings is 1. The maximum atomic E-state index is 13.7. The van der Waals surface area contributed by atoms with Gasteiger partial charge in [0, 0.05) is 26.6 Å². The summed E-state index contributed by atoms with van der Waals surface area (Å²) >= 11 is 0. The first-order valence-corrected chi connectivity index (χ1v) is 6.62. The third kappa shape index (κ3) is 3.53. The quantitative estimate of drug-likeness (QED) is 0.816. The lowest BCUT2D eigenvalue weighted by molar-refractivity contribution is -0.128. The van der Waals surface area contributed by atoms with E-state index in [4.69, 9.17) is 4.74 Å². The average Bonchev–Trinajstić information content (AvgIpc) is 2.72. The van der Waals surface area contributed by atoms with E-state index in [9.17, 15) is 9.18 Å². The molecule has 1 fully saturated rings. The minimum atomic E-state index is -0.173. The van der Waals surface area contributed by atoms with Crippen LogP contribution in [0.15, 0.2) is 18.2 Å². The normalized spacial score (nSPS) is 19.2. The Hall–Kier alpha value is -1.42. The number of hydrogen-bond acceptors (Lipinski definition) is 2. The van der Waals surface area contributed by atoms with Gasteiger partial charge < -0.3 is 9.64 Å². The molecule has 19 heavy (non-hydrogen) atoms. The summed E-state index contributed by atoms with van der Waals surface area (Å²) in [6, 6.07) is 5.14. The largest absolute Gasteiger partial charge is 0.383 e. The van der Waals surface area contributed by atoms with E-state index >= 15 is 0 Å². The molecule has 1 amide bonds. The van der Waals surface area contributed by atoms with E-state index in [1.807, 2.05) is 17.9 Å². The molecule has 104 valence electrons. The van der Waals surface area contributed by atoms with Crippen molar-refractivity contribution >= 4 is 5.91 Å². The van der Waals surface area contributed by atoms with Gasteiger partial charge in [-0.1, -0.05) is 17.7 Å². The van der Waals surface area contributed by atoms with E-state index in [0.29, 0.717) is 38.1 Å². The molecule has 1 aliphatic rings. The predicted molar refractivity (Wildman–Crippen MR) is 71.4 cm³/mol. The Balaban J connectivity index is 1.97. The molecule has 1 aromatic carbocycles. The first-order chi connectivity index (χ1) is 9.10. The van der Waals surface area contributed by atoms with Crippen LogP contribution in [0.3, 0.4) is 0 Å². The summed E-state index contributed by atoms with van der Waals surface area (Å²) in [7, 11) is 1.63. The van der Waals surface area contributed by atoms with Crippen LogP contribution >= 0.6 is 0 Å². The van der Waals surface area contributed by atoms with Crippen LogP contribution in [-0.2, 0) is 16.0 Å². The molecule has 0 unspecified atom stereocenters. The SMILES string of the molecule is COCCN1C[C@@H](Cc2cc(C)ccc2F)CC1=O. The number of carbonyl (C=O) groups excluding carboxylic acids is 1. The molecule has 1 aliphatic heterocycles. The number of halogens is 1. The zero-order chi connectivity index (χ0) is 13.8. The van der Waals surface area contributed by atoms with Crippen LogP contribution in [0, 0.1) is 18.7 Å². The Morgan fingerprint density at radius 1 is 1.47 bits per heavy atom. The molecule has 0 bridgehead atoms. The average molecular weight is 265 g/mol. The van der Waals surface area contributed by atoms with Crippen molar-refractivity contribution in [3.8, 4) is 0 Å². The zero-order valence-electron chi connectivity index (χ0n) is 11.5. The smallest absolute Gasteiger partial charge is 0.223 e. The van der Waals surface area contributed by atoms with Crippen molar-refractivity contribution in [3.05, 3.63) is 35.1 Å². The fourth-order valence-electron chi connectivity index (χ4n) is 2.58. The molecule has 1 atom stereocenters. The Morgan fingerprint density at radius 2 is 2.26 bits per heavy atom. The number of hydrogen-bond donors (Lipinski definition) is 0. The number of carbonyl (C=O) groups is 1. The lowest BCUT2D eigenvalue weighted by Gasteiger charge is -2.16. The summed E-state index contributed by atoms with van der Waals surface area (Å²) < 4.78 is 18.7. The highest BCUT2D eigenvalue weighted by atomic mass is 19.1. The number of methoxy groups -OCH3 is 1. The van der Waals surface area contributed by atoms with Crippen molar-refractivity contribution in [1.29, 1.82) is 0 Å². The molecule has 1 aromatic rings. The van der Waals surface area contributed by atoms with Gasteiger partial charge in [-0.15, -0.1) is 0 Å². The van der Waals surface area contributed by atoms with E-state index in [0.717, 1.165) is 5.56 Å². The zero-order valence-corrected chi connectivity index (χ0v) is 11.5. The Kier molecular flexibility index (Phi) is 4.53. The number of ether oxygens (including phenoxy) is 1. The second-order valence-corrected chi connectivity index (χ2v) is 5.20. The predicted octanol–water partition coefficient (Wildman–Crippen LogP) is 2.17. The highest BCUT2D eigenvalue weighted by Crippen LogP contribution is 2.23. The molecule has 3 nitrogen and oxygen atoms in total. The van der Waals surface area contributed by atoms with Crippen LogP contribution in [0.1, 0.15) is 17.5 Å². The molecule has 2 rings (SSSR count). The number of likely N-dealkylation sites (tertiary alicyclic amines) is 1. The van der Waals surface area contributed by atoms with Gasteiger partial charge in [-0.2, -0.15) is 0 Å². The van der Waals surface area contributed by atoms with Gasteiger partial charge in [0.25, 0.3) is 0 Å². The maximum absolute atomic E-state index is 13.7. The van der Waals surface area contributed by atoms with Crippen molar-refractivity contribution < 1.29 is 13.9 Å². The molecule has 0 radical (unpaired) electrons. The fourth-order valence-corrected chi connectivity index (χ4v) is 2.58. The van der Waals surface area contributed by atoms with Gasteiger partial charge in [0.15, 0.2) is 0 Å². The van der Waals surface area contributed by atoms with Crippen LogP contribution in [-0.4, -0.2) is 37.6 Å². The molecule has 0 saturated carbocycles. The minimum Gasteiger partial charge on any atom is -0.383 e. The first-order valence-electron chi connectivity index (χ1n) is 6.62. The molecular formula is C15H20FNO2. The lowest BCUT2D eigenvalue weighted by atomic mass is 9.97. The van der Waals surface area contributed by atoms with Gasteiger partial charge in [0.05, 0.1) is 6.61 Å². The molecule has 0 spiro atoms. The Morgan fingerprint density at radius 3 is 3.00 bits per heavy atom. The number of rotatable bonds is 5. The van der Waals surface area contributed by atoms with E-state index in [2.05, 4.69) is 0 Å². The monoisotopic (exact) mass is 265 g/mol. The van der Waals surface area contributed by atoms with Gasteiger partial charge in [-0.25, -0.2) is 4.39 Å². The molecule has 1 heterocycles. The van der Waals surface area contributed by atoms with Crippen molar-refractivity contribution in [1.82, 2.24) is 4.90 Å². The number of nitrogens with zero attached hydrogens (tertiary/aromatic N) is 1. The maximum Gasteiger partial charge on any atom is 0.223 e. The standard InChI is InChI=1S/C15H20FNO2/c1-11-3-4-14(16)13(7-11)8-12-9-15(18)17(10-12)5-6-19-2/h3-4,7,12H,5-6,8-10H2,1-2H3/t12-/m0/s1. The Labute approximate surface area is 113 Å². The first kappa shape index (κ1) is 14.0. The second kappa shape index (κ2) is 6.15. The highest BCUT2D eigenvalue weighted by molar-refractivity contribution is 5.78. The van der Waals surface area contributed by atoms with Crippen LogP contribution in [0.4, 0.5) is 4.39 Å². The molecule has 4 heteroatoms. The number of amides is 1. The summed E-state index contributed by atoms with van der Waals surface area (Å²) in [6.45, 7) is 3.84. The van der Waals surface area contributed by atoms with Crippen molar-refractivity contribution in [2.45, 2.75) is 19.8 Å². The Bertz CT molecular complexity index is 461. The molecule has 0 N–H and O–H groups in total. The molecule has 0 aromatic heterocycles. The summed E-state index contributed by atoms with van der Waals surface area (Å²) in [6.07, 6.45) is 1.14. The van der Waals surface area contributed by atoms with Crippen LogP contribution in [0.25, 0.3) is 0 Å². The minimum absolute atomic E-state index is 0.148. The third-order valence-electron chi connectivity index (χ3n) is 3.57. The van der Waals surface area contributed by atoms with Crippen LogP contribution in [0.2, 0.25) is 0 Å². The third-order valence-corrected chi connectivity index (χ3v) is 3.57. The summed E-state index contributed by atoms with van der Waals surface area (Å²) in [5, 5.41) is 0. The highest BCUT2D eigenvalue weighted by Gasteiger charge is 2.29. The topological polar surface area (TPSA) is 29.5 Å². The van der Waals surface area contributed by atoms with Crippen molar-refractivity contribution in [3.63, 3.8) is 0 Å². The molecular weight excluding hydrogens is 245 g/mol. The summed E-state index contributed by atoms with van der Waals surface area (Å²) in [4.78, 5) is 13.6. The second-order valence-electron chi connectivity index (χ2n) is 5.20. The van der Waals surface area contributed by atoms with Gasteiger partial charge in [0.1, 0.15) is 5.82 Å². The van der Waals surface area contributed by atoms with Crippen LogP contribution < -0.4 is 0 Å². The lowest BCUT2D eigenvalue weighted by Crippen LogP contribution is -2.28. The molecule has 1 saturated heterocycles. The van der Waals surface area contributed by atoms with E-state index < -0.39 is 0 Å². The van der Waals surface area contributed by atoms with Crippen molar-refractivity contribution in [2.75, 3.05) is 26.8 Å².